The van der Waals surface area contributed by atoms with E-state index in [-0.39, 0.29) is 23.4 Å². The maximum absolute atomic E-state index is 12.1. The summed E-state index contributed by atoms with van der Waals surface area (Å²) in [6, 6.07) is 4.39. The quantitative estimate of drug-likeness (QED) is 0.602. The molecule has 0 unspecified atom stereocenters. The van der Waals surface area contributed by atoms with Crippen LogP contribution in [0.1, 0.15) is 24.8 Å². The molecule has 1 aromatic rings. The third kappa shape index (κ3) is 4.76. The zero-order valence-corrected chi connectivity index (χ0v) is 13.7. The highest BCUT2D eigenvalue weighted by Crippen LogP contribution is 2.22. The molecule has 3 N–H and O–H groups in total. The summed E-state index contributed by atoms with van der Waals surface area (Å²) in [4.78, 5) is 35.7. The molecular formula is C16H22N4O4. The lowest BCUT2D eigenvalue weighted by atomic mass is 9.96. The fourth-order valence-corrected chi connectivity index (χ4v) is 2.77. The highest BCUT2D eigenvalue weighted by atomic mass is 16.6. The summed E-state index contributed by atoms with van der Waals surface area (Å²) in [7, 11) is 0. The summed E-state index contributed by atoms with van der Waals surface area (Å²) in [6.07, 6.45) is 1.74. The zero-order valence-electron chi connectivity index (χ0n) is 13.7. The first kappa shape index (κ1) is 17.9. The van der Waals surface area contributed by atoms with Crippen molar-refractivity contribution in [1.82, 2.24) is 4.90 Å². The van der Waals surface area contributed by atoms with Crippen LogP contribution in [0.2, 0.25) is 0 Å². The number of primary amides is 1. The molecule has 1 aliphatic heterocycles. The fourth-order valence-electron chi connectivity index (χ4n) is 2.77. The van der Waals surface area contributed by atoms with Gasteiger partial charge in [-0.15, -0.1) is 0 Å². The van der Waals surface area contributed by atoms with Crippen LogP contribution in [0, 0.1) is 23.0 Å². The van der Waals surface area contributed by atoms with Crippen LogP contribution in [-0.4, -0.2) is 41.3 Å². The number of non-ortho nitro benzene ring substituents is 1. The monoisotopic (exact) mass is 334 g/mol. The number of aryl methyl sites for hydroxylation is 1. The Morgan fingerprint density at radius 1 is 1.38 bits per heavy atom. The van der Waals surface area contributed by atoms with Crippen molar-refractivity contribution >= 4 is 23.2 Å². The van der Waals surface area contributed by atoms with Crippen LogP contribution in [0.5, 0.6) is 0 Å². The molecule has 0 saturated carbocycles. The number of nitro benzene ring substituents is 1. The Bertz CT molecular complexity index is 639. The molecule has 2 rings (SSSR count). The van der Waals surface area contributed by atoms with E-state index in [1.165, 1.54) is 12.1 Å². The van der Waals surface area contributed by atoms with Gasteiger partial charge < -0.3 is 16.0 Å². The topological polar surface area (TPSA) is 119 Å². The molecule has 0 radical (unpaired) electrons. The zero-order chi connectivity index (χ0) is 17.7. The predicted molar refractivity (Wildman–Crippen MR) is 89.4 cm³/mol. The molecule has 0 aromatic heterocycles. The van der Waals surface area contributed by atoms with E-state index in [2.05, 4.69) is 10.2 Å². The number of carbonyl (C=O) groups is 2. The van der Waals surface area contributed by atoms with Gasteiger partial charge in [-0.25, -0.2) is 0 Å². The molecule has 0 atom stereocenters. The van der Waals surface area contributed by atoms with Gasteiger partial charge in [0.15, 0.2) is 0 Å². The molecule has 0 spiro atoms. The number of piperidine rings is 1. The Morgan fingerprint density at radius 2 is 2.04 bits per heavy atom. The molecule has 1 saturated heterocycles. The summed E-state index contributed by atoms with van der Waals surface area (Å²) in [5.74, 6) is -0.508. The average Bonchev–Trinajstić information content (AvgIpc) is 2.55. The van der Waals surface area contributed by atoms with Crippen molar-refractivity contribution in [2.24, 2.45) is 11.7 Å². The Morgan fingerprint density at radius 3 is 2.62 bits per heavy atom. The molecule has 0 aliphatic carbocycles. The first-order chi connectivity index (χ1) is 11.4. The van der Waals surface area contributed by atoms with Gasteiger partial charge in [-0.1, -0.05) is 6.07 Å². The number of likely N-dealkylation sites (tertiary alicyclic amines) is 1. The number of rotatable bonds is 6. The highest BCUT2D eigenvalue weighted by molar-refractivity contribution is 5.92. The summed E-state index contributed by atoms with van der Waals surface area (Å²) in [5.41, 5.74) is 6.48. The van der Waals surface area contributed by atoms with Crippen LogP contribution in [0.4, 0.5) is 11.4 Å². The Hall–Kier alpha value is -2.48. The molecule has 24 heavy (non-hydrogen) atoms. The summed E-state index contributed by atoms with van der Waals surface area (Å²) in [6.45, 7) is 3.87. The number of nitro groups is 1. The normalized spacial score (nSPS) is 15.9. The van der Waals surface area contributed by atoms with E-state index in [1.807, 2.05) is 0 Å². The minimum atomic E-state index is -0.488. The van der Waals surface area contributed by atoms with E-state index < -0.39 is 4.92 Å². The van der Waals surface area contributed by atoms with Gasteiger partial charge in [0.25, 0.3) is 5.69 Å². The largest absolute Gasteiger partial charge is 0.369 e. The fraction of sp³-hybridized carbons (Fsp3) is 0.500. The molecule has 0 bridgehead atoms. The predicted octanol–water partition coefficient (Wildman–Crippen LogP) is 1.43. The molecule has 8 nitrogen and oxygen atoms in total. The van der Waals surface area contributed by atoms with Crippen molar-refractivity contribution in [3.05, 3.63) is 33.9 Å². The van der Waals surface area contributed by atoms with Crippen molar-refractivity contribution in [2.75, 3.05) is 25.0 Å². The number of nitrogens with one attached hydrogen (secondary N) is 1. The van der Waals surface area contributed by atoms with Crippen molar-refractivity contribution in [3.63, 3.8) is 0 Å². The number of anilines is 1. The Labute approximate surface area is 140 Å². The molecule has 8 heteroatoms. The molecule has 130 valence electrons. The highest BCUT2D eigenvalue weighted by Gasteiger charge is 2.23. The molecule has 1 aliphatic rings. The number of nitrogens with two attached hydrogens (primary N) is 1. The summed E-state index contributed by atoms with van der Waals surface area (Å²) < 4.78 is 0. The van der Waals surface area contributed by atoms with Crippen LogP contribution >= 0.6 is 0 Å². The lowest BCUT2D eigenvalue weighted by molar-refractivity contribution is -0.384. The molecule has 1 heterocycles. The second-order valence-corrected chi connectivity index (χ2v) is 6.07. The number of hydrogen-bond acceptors (Lipinski definition) is 5. The minimum Gasteiger partial charge on any atom is -0.369 e. The van der Waals surface area contributed by atoms with Crippen LogP contribution in [0.15, 0.2) is 18.2 Å². The van der Waals surface area contributed by atoms with Gasteiger partial charge in [-0.05, 0) is 38.4 Å². The van der Waals surface area contributed by atoms with Gasteiger partial charge in [0, 0.05) is 31.0 Å². The first-order valence-electron chi connectivity index (χ1n) is 7.93. The van der Waals surface area contributed by atoms with E-state index in [4.69, 9.17) is 5.73 Å². The standard InChI is InChI=1S/C16H22N4O4/c1-11-2-3-13(20(23)24)10-14(11)18-15(21)6-9-19-7-4-12(5-8-19)16(17)22/h2-3,10,12H,4-9H2,1H3,(H2,17,22)(H,18,21). The first-order valence-corrected chi connectivity index (χ1v) is 7.93. The van der Waals surface area contributed by atoms with E-state index in [9.17, 15) is 19.7 Å². The molecule has 2 amide bonds. The third-order valence-corrected chi connectivity index (χ3v) is 4.35. The van der Waals surface area contributed by atoms with Crippen molar-refractivity contribution in [3.8, 4) is 0 Å². The van der Waals surface area contributed by atoms with Gasteiger partial charge in [0.05, 0.1) is 10.6 Å². The van der Waals surface area contributed by atoms with Crippen molar-refractivity contribution in [1.29, 1.82) is 0 Å². The Kier molecular flexibility index (Phi) is 5.86. The Balaban J connectivity index is 1.83. The van der Waals surface area contributed by atoms with Gasteiger partial charge in [0.1, 0.15) is 0 Å². The molecular weight excluding hydrogens is 312 g/mol. The lowest BCUT2D eigenvalue weighted by Gasteiger charge is -2.30. The number of hydrogen-bond donors (Lipinski definition) is 2. The van der Waals surface area contributed by atoms with Crippen LogP contribution < -0.4 is 11.1 Å². The van der Waals surface area contributed by atoms with Gasteiger partial charge in [-0.2, -0.15) is 0 Å². The van der Waals surface area contributed by atoms with Crippen molar-refractivity contribution < 1.29 is 14.5 Å². The number of amides is 2. The minimum absolute atomic E-state index is 0.0515. The van der Waals surface area contributed by atoms with Crippen molar-refractivity contribution in [2.45, 2.75) is 26.2 Å². The SMILES string of the molecule is Cc1ccc([N+](=O)[O-])cc1NC(=O)CCN1CCC(C(N)=O)CC1. The van der Waals surface area contributed by atoms with E-state index >= 15 is 0 Å². The van der Waals surface area contributed by atoms with Gasteiger partial charge in [-0.3, -0.25) is 19.7 Å². The van der Waals surface area contributed by atoms with Crippen LogP contribution in [0.3, 0.4) is 0 Å². The molecule has 1 aromatic carbocycles. The number of nitrogens with zero attached hydrogens (tertiary/aromatic N) is 2. The summed E-state index contributed by atoms with van der Waals surface area (Å²) in [5, 5.41) is 13.5. The number of carbonyl (C=O) groups excluding carboxylic acids is 2. The maximum atomic E-state index is 12.1. The second kappa shape index (κ2) is 7.87. The molecule has 1 fully saturated rings. The lowest BCUT2D eigenvalue weighted by Crippen LogP contribution is -2.39. The smallest absolute Gasteiger partial charge is 0.271 e. The number of benzene rings is 1. The third-order valence-electron chi connectivity index (χ3n) is 4.35. The van der Waals surface area contributed by atoms with E-state index in [0.717, 1.165) is 31.5 Å². The van der Waals surface area contributed by atoms with Crippen LogP contribution in [-0.2, 0) is 9.59 Å². The van der Waals surface area contributed by atoms with Crippen LogP contribution in [0.25, 0.3) is 0 Å². The van der Waals surface area contributed by atoms with Gasteiger partial charge >= 0.3 is 0 Å². The average molecular weight is 334 g/mol. The van der Waals surface area contributed by atoms with E-state index in [0.29, 0.717) is 18.7 Å². The van der Waals surface area contributed by atoms with E-state index in [1.54, 1.807) is 13.0 Å². The summed E-state index contributed by atoms with van der Waals surface area (Å²) >= 11 is 0. The maximum Gasteiger partial charge on any atom is 0.271 e. The van der Waals surface area contributed by atoms with Gasteiger partial charge in [0.2, 0.25) is 11.8 Å². The second-order valence-electron chi connectivity index (χ2n) is 6.07.